The first kappa shape index (κ1) is 14.1. The van der Waals surface area contributed by atoms with E-state index in [1.54, 1.807) is 7.11 Å². The molecule has 1 aromatic rings. The maximum atomic E-state index is 5.32. The third kappa shape index (κ3) is 4.10. The molecule has 0 spiro atoms. The second-order valence-corrected chi connectivity index (χ2v) is 5.26. The van der Waals surface area contributed by atoms with Gasteiger partial charge in [0.05, 0.1) is 7.11 Å². The van der Waals surface area contributed by atoms with Crippen LogP contribution in [0.1, 0.15) is 30.4 Å². The number of fused-ring (bicyclic) bond motifs is 1. The molecule has 1 heterocycles. The molecule has 0 atom stereocenters. The van der Waals surface area contributed by atoms with Gasteiger partial charge < -0.3 is 9.64 Å². The second-order valence-electron chi connectivity index (χ2n) is 5.26. The van der Waals surface area contributed by atoms with Crippen LogP contribution in [0.3, 0.4) is 0 Å². The Morgan fingerprint density at radius 1 is 1.21 bits per heavy atom. The highest BCUT2D eigenvalue weighted by Gasteiger charge is 2.13. The molecule has 1 aliphatic heterocycles. The van der Waals surface area contributed by atoms with Crippen molar-refractivity contribution >= 4 is 0 Å². The highest BCUT2D eigenvalue weighted by atomic mass is 16.5. The molecule has 2 nitrogen and oxygen atoms in total. The summed E-state index contributed by atoms with van der Waals surface area (Å²) in [6.07, 6.45) is 8.02. The summed E-state index contributed by atoms with van der Waals surface area (Å²) >= 11 is 0. The summed E-state index contributed by atoms with van der Waals surface area (Å²) in [4.78, 5) is 2.59. The van der Waals surface area contributed by atoms with Crippen LogP contribution in [0, 0.1) is 0 Å². The van der Waals surface area contributed by atoms with Gasteiger partial charge in [0, 0.05) is 13.1 Å². The largest absolute Gasteiger partial charge is 0.497 e. The van der Waals surface area contributed by atoms with Gasteiger partial charge in [-0.3, -0.25) is 0 Å². The molecule has 0 amide bonds. The molecule has 0 saturated heterocycles. The lowest BCUT2D eigenvalue weighted by Gasteiger charge is -2.19. The predicted molar refractivity (Wildman–Crippen MR) is 80.9 cm³/mol. The average molecular weight is 259 g/mol. The molecule has 0 unspecified atom stereocenters. The van der Waals surface area contributed by atoms with E-state index in [1.807, 2.05) is 6.08 Å². The van der Waals surface area contributed by atoms with Crippen molar-refractivity contribution in [2.24, 2.45) is 0 Å². The van der Waals surface area contributed by atoms with E-state index in [2.05, 4.69) is 29.7 Å². The Bertz CT molecular complexity index is 414. The van der Waals surface area contributed by atoms with Gasteiger partial charge in [-0.1, -0.05) is 12.1 Å². The monoisotopic (exact) mass is 259 g/mol. The molecule has 104 valence electrons. The van der Waals surface area contributed by atoms with Crippen molar-refractivity contribution in [1.82, 2.24) is 4.90 Å². The molecular weight excluding hydrogens is 234 g/mol. The summed E-state index contributed by atoms with van der Waals surface area (Å²) in [5, 5.41) is 0. The van der Waals surface area contributed by atoms with Crippen molar-refractivity contribution < 1.29 is 4.74 Å². The maximum Gasteiger partial charge on any atom is 0.119 e. The van der Waals surface area contributed by atoms with Gasteiger partial charge in [-0.15, -0.1) is 6.58 Å². The topological polar surface area (TPSA) is 12.5 Å². The standard InChI is InChI=1S/C17H25NO/c1-3-4-5-6-11-18-12-9-15-7-8-17(19-2)14-16(15)10-13-18/h3,7-8,14H,1,4-6,9-13H2,2H3. The highest BCUT2D eigenvalue weighted by molar-refractivity contribution is 5.36. The number of rotatable bonds is 6. The first-order valence-electron chi connectivity index (χ1n) is 7.32. The summed E-state index contributed by atoms with van der Waals surface area (Å²) in [6, 6.07) is 6.52. The molecule has 1 aliphatic rings. The van der Waals surface area contributed by atoms with Gasteiger partial charge in [-0.05, 0) is 61.9 Å². The third-order valence-electron chi connectivity index (χ3n) is 3.94. The minimum atomic E-state index is 0.984. The van der Waals surface area contributed by atoms with Crippen LogP contribution < -0.4 is 4.74 Å². The number of hydrogen-bond acceptors (Lipinski definition) is 2. The van der Waals surface area contributed by atoms with Crippen LogP contribution in [0.2, 0.25) is 0 Å². The Balaban J connectivity index is 1.87. The summed E-state index contributed by atoms with van der Waals surface area (Å²) in [5.41, 5.74) is 2.96. The fraction of sp³-hybridized carbons (Fsp3) is 0.529. The number of benzene rings is 1. The normalized spacial score (nSPS) is 15.6. The number of hydrogen-bond donors (Lipinski definition) is 0. The van der Waals surface area contributed by atoms with Gasteiger partial charge in [0.15, 0.2) is 0 Å². The Kier molecular flexibility index (Phi) is 5.46. The zero-order chi connectivity index (χ0) is 13.5. The van der Waals surface area contributed by atoms with E-state index in [1.165, 1.54) is 50.0 Å². The van der Waals surface area contributed by atoms with Crippen molar-refractivity contribution in [1.29, 1.82) is 0 Å². The predicted octanol–water partition coefficient (Wildman–Crippen LogP) is 3.45. The zero-order valence-corrected chi connectivity index (χ0v) is 12.0. The second kappa shape index (κ2) is 7.34. The van der Waals surface area contributed by atoms with Crippen LogP contribution in [-0.2, 0) is 12.8 Å². The van der Waals surface area contributed by atoms with E-state index in [4.69, 9.17) is 4.74 Å². The van der Waals surface area contributed by atoms with Crippen LogP contribution in [0.5, 0.6) is 5.75 Å². The Morgan fingerprint density at radius 2 is 2.00 bits per heavy atom. The first-order valence-corrected chi connectivity index (χ1v) is 7.32. The molecule has 0 bridgehead atoms. The SMILES string of the molecule is C=CCCCCN1CCc2ccc(OC)cc2CC1. The molecule has 0 fully saturated rings. The van der Waals surface area contributed by atoms with Crippen molar-refractivity contribution in [3.8, 4) is 5.75 Å². The van der Waals surface area contributed by atoms with Crippen LogP contribution in [0.15, 0.2) is 30.9 Å². The van der Waals surface area contributed by atoms with E-state index in [9.17, 15) is 0 Å². The van der Waals surface area contributed by atoms with Gasteiger partial charge >= 0.3 is 0 Å². The fourth-order valence-corrected chi connectivity index (χ4v) is 2.72. The third-order valence-corrected chi connectivity index (χ3v) is 3.94. The fourth-order valence-electron chi connectivity index (χ4n) is 2.72. The molecule has 0 radical (unpaired) electrons. The molecule has 0 saturated carbocycles. The van der Waals surface area contributed by atoms with Gasteiger partial charge in [0.1, 0.15) is 5.75 Å². The van der Waals surface area contributed by atoms with Crippen LogP contribution in [0.25, 0.3) is 0 Å². The minimum Gasteiger partial charge on any atom is -0.497 e. The van der Waals surface area contributed by atoms with Gasteiger partial charge in [-0.25, -0.2) is 0 Å². The number of ether oxygens (including phenoxy) is 1. The van der Waals surface area contributed by atoms with Gasteiger partial charge in [-0.2, -0.15) is 0 Å². The minimum absolute atomic E-state index is 0.984. The molecular formula is C17H25NO. The Hall–Kier alpha value is -1.28. The summed E-state index contributed by atoms with van der Waals surface area (Å²) in [6.45, 7) is 7.36. The smallest absolute Gasteiger partial charge is 0.119 e. The van der Waals surface area contributed by atoms with Gasteiger partial charge in [0.25, 0.3) is 0 Å². The van der Waals surface area contributed by atoms with Crippen molar-refractivity contribution in [3.63, 3.8) is 0 Å². The lowest BCUT2D eigenvalue weighted by Crippen LogP contribution is -2.27. The van der Waals surface area contributed by atoms with E-state index in [0.717, 1.165) is 18.6 Å². The maximum absolute atomic E-state index is 5.32. The van der Waals surface area contributed by atoms with Crippen molar-refractivity contribution in [3.05, 3.63) is 42.0 Å². The molecule has 2 heteroatoms. The van der Waals surface area contributed by atoms with Crippen LogP contribution in [-0.4, -0.2) is 31.6 Å². The van der Waals surface area contributed by atoms with E-state index in [0.29, 0.717) is 0 Å². The van der Waals surface area contributed by atoms with E-state index < -0.39 is 0 Å². The lowest BCUT2D eigenvalue weighted by molar-refractivity contribution is 0.281. The lowest BCUT2D eigenvalue weighted by atomic mass is 10.0. The molecule has 0 N–H and O–H groups in total. The molecule has 1 aromatic carbocycles. The van der Waals surface area contributed by atoms with E-state index in [-0.39, 0.29) is 0 Å². The van der Waals surface area contributed by atoms with Gasteiger partial charge in [0.2, 0.25) is 0 Å². The van der Waals surface area contributed by atoms with Crippen LogP contribution in [0.4, 0.5) is 0 Å². The van der Waals surface area contributed by atoms with Crippen LogP contribution >= 0.6 is 0 Å². The first-order chi connectivity index (χ1) is 9.33. The molecule has 0 aliphatic carbocycles. The molecule has 19 heavy (non-hydrogen) atoms. The number of allylic oxidation sites excluding steroid dienone is 1. The summed E-state index contributed by atoms with van der Waals surface area (Å²) in [7, 11) is 1.74. The van der Waals surface area contributed by atoms with Crippen molar-refractivity contribution in [2.75, 3.05) is 26.7 Å². The summed E-state index contributed by atoms with van der Waals surface area (Å²) in [5.74, 6) is 0.984. The number of methoxy groups -OCH3 is 1. The Morgan fingerprint density at radius 3 is 2.74 bits per heavy atom. The number of unbranched alkanes of at least 4 members (excludes halogenated alkanes) is 2. The number of nitrogens with zero attached hydrogens (tertiary/aromatic N) is 1. The summed E-state index contributed by atoms with van der Waals surface area (Å²) < 4.78 is 5.32. The zero-order valence-electron chi connectivity index (χ0n) is 12.0. The average Bonchev–Trinajstić information content (AvgIpc) is 2.65. The van der Waals surface area contributed by atoms with Crippen molar-refractivity contribution in [2.45, 2.75) is 32.1 Å². The quantitative estimate of drug-likeness (QED) is 0.573. The highest BCUT2D eigenvalue weighted by Crippen LogP contribution is 2.21. The Labute approximate surface area is 117 Å². The van der Waals surface area contributed by atoms with E-state index >= 15 is 0 Å². The molecule has 2 rings (SSSR count). The molecule has 0 aromatic heterocycles.